The van der Waals surface area contributed by atoms with E-state index >= 15 is 0 Å². The number of methoxy groups -OCH3 is 1. The minimum absolute atomic E-state index is 0.0963. The second kappa shape index (κ2) is 6.92. The molecule has 0 aromatic heterocycles. The topological polar surface area (TPSA) is 58.6 Å². The van der Waals surface area contributed by atoms with E-state index in [0.717, 1.165) is 11.3 Å². The Balaban J connectivity index is 2.06. The van der Waals surface area contributed by atoms with Crippen molar-refractivity contribution >= 4 is 17.5 Å². The fraction of sp³-hybridized carbons (Fsp3) is 0.529. The Morgan fingerprint density at radius 1 is 1.41 bits per heavy atom. The van der Waals surface area contributed by atoms with Crippen LogP contribution in [0.5, 0.6) is 0 Å². The van der Waals surface area contributed by atoms with Crippen LogP contribution in [0.15, 0.2) is 18.2 Å². The molecule has 5 heteroatoms. The Hall–Kier alpha value is -1.88. The van der Waals surface area contributed by atoms with Gasteiger partial charge in [0.2, 0.25) is 11.8 Å². The van der Waals surface area contributed by atoms with Gasteiger partial charge in [0.05, 0.1) is 6.61 Å². The summed E-state index contributed by atoms with van der Waals surface area (Å²) >= 11 is 0. The standard InChI is InChI=1S/C17H24N2O3/c1-11-5-6-14(9-12(11)2)19-8-7-15(17(19)21)16(20)18-13(3)10-22-4/h5-6,9,13,15H,7-8,10H2,1-4H3,(H,18,20)/t13-,15-/m1/s1. The molecule has 1 heterocycles. The monoisotopic (exact) mass is 304 g/mol. The number of rotatable bonds is 5. The van der Waals surface area contributed by atoms with Gasteiger partial charge in [0.25, 0.3) is 0 Å². The number of carbonyl (C=O) groups is 2. The third-order valence-electron chi connectivity index (χ3n) is 4.13. The molecule has 0 unspecified atom stereocenters. The van der Waals surface area contributed by atoms with Gasteiger partial charge in [-0.3, -0.25) is 9.59 Å². The summed E-state index contributed by atoms with van der Waals surface area (Å²) in [5.74, 6) is -0.924. The molecule has 2 atom stereocenters. The smallest absolute Gasteiger partial charge is 0.239 e. The van der Waals surface area contributed by atoms with Gasteiger partial charge in [-0.05, 0) is 50.5 Å². The van der Waals surface area contributed by atoms with Gasteiger partial charge in [0, 0.05) is 25.4 Å². The van der Waals surface area contributed by atoms with Crippen LogP contribution in [0, 0.1) is 19.8 Å². The fourth-order valence-electron chi connectivity index (χ4n) is 2.71. The highest BCUT2D eigenvalue weighted by atomic mass is 16.5. The molecule has 0 radical (unpaired) electrons. The molecule has 2 amide bonds. The SMILES string of the molecule is COC[C@@H](C)NC(=O)[C@H]1CCN(c2ccc(C)c(C)c2)C1=O. The largest absolute Gasteiger partial charge is 0.383 e. The van der Waals surface area contributed by atoms with Crippen molar-refractivity contribution in [3.8, 4) is 0 Å². The van der Waals surface area contributed by atoms with Gasteiger partial charge in [-0.15, -0.1) is 0 Å². The molecule has 1 aliphatic heterocycles. The third kappa shape index (κ3) is 3.47. The lowest BCUT2D eigenvalue weighted by atomic mass is 10.1. The van der Waals surface area contributed by atoms with Crippen molar-refractivity contribution in [2.24, 2.45) is 5.92 Å². The lowest BCUT2D eigenvalue weighted by Crippen LogP contribution is -2.42. The molecule has 1 aromatic carbocycles. The van der Waals surface area contributed by atoms with Gasteiger partial charge >= 0.3 is 0 Å². The molecule has 1 aliphatic rings. The molecule has 1 aromatic rings. The van der Waals surface area contributed by atoms with Crippen LogP contribution in [0.25, 0.3) is 0 Å². The number of ether oxygens (including phenoxy) is 1. The van der Waals surface area contributed by atoms with Crippen molar-refractivity contribution in [2.75, 3.05) is 25.2 Å². The van der Waals surface area contributed by atoms with Crippen LogP contribution in [-0.2, 0) is 14.3 Å². The van der Waals surface area contributed by atoms with E-state index in [-0.39, 0.29) is 17.9 Å². The Bertz CT molecular complexity index is 571. The van der Waals surface area contributed by atoms with Crippen molar-refractivity contribution in [1.82, 2.24) is 5.32 Å². The van der Waals surface area contributed by atoms with Gasteiger partial charge in [0.15, 0.2) is 0 Å². The van der Waals surface area contributed by atoms with Crippen LogP contribution >= 0.6 is 0 Å². The molecule has 5 nitrogen and oxygen atoms in total. The number of hydrogen-bond acceptors (Lipinski definition) is 3. The first kappa shape index (κ1) is 16.5. The van der Waals surface area contributed by atoms with Crippen molar-refractivity contribution in [3.05, 3.63) is 29.3 Å². The molecule has 2 rings (SSSR count). The second-order valence-corrected chi connectivity index (χ2v) is 5.96. The number of amides is 2. The normalized spacial score (nSPS) is 19.4. The third-order valence-corrected chi connectivity index (χ3v) is 4.13. The van der Waals surface area contributed by atoms with E-state index < -0.39 is 5.92 Å². The Morgan fingerprint density at radius 3 is 2.77 bits per heavy atom. The molecule has 0 spiro atoms. The molecule has 1 saturated heterocycles. The fourth-order valence-corrected chi connectivity index (χ4v) is 2.71. The molecule has 1 fully saturated rings. The summed E-state index contributed by atoms with van der Waals surface area (Å²) in [5, 5.41) is 2.83. The predicted octanol–water partition coefficient (Wildman–Crippen LogP) is 1.81. The molecule has 0 bridgehead atoms. The van der Waals surface area contributed by atoms with Crippen LogP contribution in [0.2, 0.25) is 0 Å². The maximum absolute atomic E-state index is 12.5. The predicted molar refractivity (Wildman–Crippen MR) is 85.9 cm³/mol. The quantitative estimate of drug-likeness (QED) is 0.844. The van der Waals surface area contributed by atoms with Crippen LogP contribution in [-0.4, -0.2) is 38.1 Å². The minimum Gasteiger partial charge on any atom is -0.383 e. The van der Waals surface area contributed by atoms with Gasteiger partial charge < -0.3 is 15.0 Å². The second-order valence-electron chi connectivity index (χ2n) is 5.96. The number of benzene rings is 1. The zero-order valence-corrected chi connectivity index (χ0v) is 13.7. The number of nitrogens with zero attached hydrogens (tertiary/aromatic N) is 1. The first-order chi connectivity index (χ1) is 10.4. The van der Waals surface area contributed by atoms with Crippen LogP contribution in [0.4, 0.5) is 5.69 Å². The zero-order chi connectivity index (χ0) is 16.3. The Labute approximate surface area is 131 Å². The summed E-state index contributed by atoms with van der Waals surface area (Å²) in [6.07, 6.45) is 0.553. The highest BCUT2D eigenvalue weighted by Gasteiger charge is 2.37. The summed E-state index contributed by atoms with van der Waals surface area (Å²) in [4.78, 5) is 26.4. The number of carbonyl (C=O) groups excluding carboxylic acids is 2. The van der Waals surface area contributed by atoms with Crippen LogP contribution in [0.3, 0.4) is 0 Å². The van der Waals surface area contributed by atoms with Gasteiger partial charge in [-0.1, -0.05) is 6.07 Å². The molecule has 22 heavy (non-hydrogen) atoms. The van der Waals surface area contributed by atoms with Crippen molar-refractivity contribution in [2.45, 2.75) is 33.2 Å². The Kier molecular flexibility index (Phi) is 5.19. The molecule has 1 N–H and O–H groups in total. The first-order valence-electron chi connectivity index (χ1n) is 7.62. The zero-order valence-electron chi connectivity index (χ0n) is 13.7. The Morgan fingerprint density at radius 2 is 2.14 bits per heavy atom. The average molecular weight is 304 g/mol. The first-order valence-corrected chi connectivity index (χ1v) is 7.62. The van der Waals surface area contributed by atoms with E-state index in [0.29, 0.717) is 19.6 Å². The number of anilines is 1. The lowest BCUT2D eigenvalue weighted by Gasteiger charge is -2.19. The van der Waals surface area contributed by atoms with Gasteiger partial charge in [-0.25, -0.2) is 0 Å². The maximum atomic E-state index is 12.5. The molecular formula is C17H24N2O3. The number of aryl methyl sites for hydroxylation is 2. The van der Waals surface area contributed by atoms with Crippen molar-refractivity contribution in [1.29, 1.82) is 0 Å². The summed E-state index contributed by atoms with van der Waals surface area (Å²) < 4.78 is 5.00. The minimum atomic E-state index is -0.596. The molecule has 0 saturated carbocycles. The number of hydrogen-bond donors (Lipinski definition) is 1. The van der Waals surface area contributed by atoms with E-state index in [1.807, 2.05) is 39.0 Å². The summed E-state index contributed by atoms with van der Waals surface area (Å²) in [6.45, 7) is 6.95. The van der Waals surface area contributed by atoms with E-state index in [4.69, 9.17) is 4.74 Å². The van der Waals surface area contributed by atoms with Crippen molar-refractivity contribution < 1.29 is 14.3 Å². The molecule has 0 aliphatic carbocycles. The van der Waals surface area contributed by atoms with Crippen LogP contribution in [0.1, 0.15) is 24.5 Å². The summed E-state index contributed by atoms with van der Waals surface area (Å²) in [5.41, 5.74) is 3.21. The van der Waals surface area contributed by atoms with Gasteiger partial charge in [0.1, 0.15) is 5.92 Å². The average Bonchev–Trinajstić information content (AvgIpc) is 2.84. The van der Waals surface area contributed by atoms with Crippen molar-refractivity contribution in [3.63, 3.8) is 0 Å². The number of nitrogens with one attached hydrogen (secondary N) is 1. The summed E-state index contributed by atoms with van der Waals surface area (Å²) in [6, 6.07) is 5.85. The van der Waals surface area contributed by atoms with E-state index in [1.54, 1.807) is 12.0 Å². The van der Waals surface area contributed by atoms with Crippen LogP contribution < -0.4 is 10.2 Å². The van der Waals surface area contributed by atoms with E-state index in [1.165, 1.54) is 5.56 Å². The highest BCUT2D eigenvalue weighted by Crippen LogP contribution is 2.27. The van der Waals surface area contributed by atoms with Gasteiger partial charge in [-0.2, -0.15) is 0 Å². The summed E-state index contributed by atoms with van der Waals surface area (Å²) in [7, 11) is 1.59. The highest BCUT2D eigenvalue weighted by molar-refractivity contribution is 6.09. The maximum Gasteiger partial charge on any atom is 0.239 e. The molecule has 120 valence electrons. The van der Waals surface area contributed by atoms with E-state index in [2.05, 4.69) is 5.32 Å². The lowest BCUT2D eigenvalue weighted by molar-refractivity contribution is -0.132. The molecular weight excluding hydrogens is 280 g/mol. The van der Waals surface area contributed by atoms with E-state index in [9.17, 15) is 9.59 Å².